The van der Waals surface area contributed by atoms with Crippen molar-refractivity contribution in [3.8, 4) is 23.3 Å². The van der Waals surface area contributed by atoms with Crippen LogP contribution in [0.5, 0.6) is 23.3 Å². The van der Waals surface area contributed by atoms with Crippen LogP contribution < -0.4 is 28.4 Å². The Kier molecular flexibility index (Phi) is 25.9. The monoisotopic (exact) mass is 1630 g/mol. The molecule has 4 saturated carbocycles. The van der Waals surface area contributed by atoms with E-state index in [0.717, 1.165) is 51.3 Å². The molecule has 6 heterocycles. The molecular formula is C84H110F4N6O18S2. The Morgan fingerprint density at radius 3 is 1.21 bits per heavy atom. The Hall–Kier alpha value is -8.28. The van der Waals surface area contributed by atoms with Crippen molar-refractivity contribution in [1.29, 1.82) is 0 Å². The summed E-state index contributed by atoms with van der Waals surface area (Å²) < 4.78 is 149. The zero-order valence-corrected chi connectivity index (χ0v) is 68.8. The summed E-state index contributed by atoms with van der Waals surface area (Å²) in [4.78, 5) is 126. The van der Waals surface area contributed by atoms with Gasteiger partial charge in [-0.15, -0.1) is 0 Å². The van der Waals surface area contributed by atoms with Crippen LogP contribution in [0, 0.1) is 58.2 Å². The van der Waals surface area contributed by atoms with Crippen LogP contribution in [0.2, 0.25) is 0 Å². The lowest BCUT2D eigenvalue weighted by atomic mass is 9.79. The van der Waals surface area contributed by atoms with Gasteiger partial charge in [-0.05, 0) is 152 Å². The standard InChI is InChI=1S/2C42H55F2N3O9S/c2*1-7-26-18-25(2)12-8-9-13-27-21-42(27,39(51)46-57(52,53)29-16-17-29)22-34(48)33-19-28(55-37-31-15-11-10-14-30(31)35(54-6)23-45-37)24-47(33)38(50)32(26)20-36(49)56-40(3,4)41(5,43)44/h2*9-11,13-15,23,25-29,32-33H,7-8,12,16-22,24H2,1-6H3,(H,46,51)/b2*13-9-/t25-,26+,27+,28+,32-,33-,42+;25-,26-,27-,28-,32+,33+,42-/m01/s1. The number of ketones is 2. The van der Waals surface area contributed by atoms with Gasteiger partial charge in [-0.25, -0.2) is 44.4 Å². The summed E-state index contributed by atoms with van der Waals surface area (Å²) in [6.45, 7) is 13.6. The van der Waals surface area contributed by atoms with Gasteiger partial charge in [-0.3, -0.25) is 47.8 Å². The zero-order valence-electron chi connectivity index (χ0n) is 67.2. The highest BCUT2D eigenvalue weighted by Gasteiger charge is 2.64. The van der Waals surface area contributed by atoms with Gasteiger partial charge in [0.15, 0.2) is 22.8 Å². The second-order valence-electron chi connectivity index (χ2n) is 34.3. The number of carbonyl (C=O) groups is 8. The Balaban J connectivity index is 0.000000225. The van der Waals surface area contributed by atoms with Crippen molar-refractivity contribution in [2.45, 2.75) is 255 Å². The van der Waals surface area contributed by atoms with E-state index in [1.807, 2.05) is 101 Å². The molecule has 4 amide bonds. The van der Waals surface area contributed by atoms with Gasteiger partial charge in [0.2, 0.25) is 55.4 Å². The van der Waals surface area contributed by atoms with E-state index < -0.39 is 161 Å². The number of hydrogen-bond donors (Lipinski definition) is 2. The normalized spacial score (nSPS) is 29.4. The van der Waals surface area contributed by atoms with E-state index in [9.17, 15) is 63.2 Å². The summed E-state index contributed by atoms with van der Waals surface area (Å²) in [5, 5.41) is 1.50. The first-order valence-corrected chi connectivity index (χ1v) is 43.2. The maximum absolute atomic E-state index is 15.0. The molecule has 0 radical (unpaired) electrons. The highest BCUT2D eigenvalue weighted by molar-refractivity contribution is 7.91. The molecule has 0 bridgehead atoms. The molecule has 4 aromatic rings. The maximum Gasteiger partial charge on any atom is 0.307 e. The Morgan fingerprint density at radius 1 is 0.535 bits per heavy atom. The van der Waals surface area contributed by atoms with E-state index in [4.69, 9.17) is 28.4 Å². The molecule has 4 aliphatic carbocycles. The smallest absolute Gasteiger partial charge is 0.307 e. The van der Waals surface area contributed by atoms with Crippen LogP contribution in [0.1, 0.15) is 198 Å². The molecule has 2 aromatic carbocycles. The van der Waals surface area contributed by atoms with Crippen LogP contribution in [0.4, 0.5) is 17.6 Å². The molecule has 114 heavy (non-hydrogen) atoms. The number of esters is 2. The Morgan fingerprint density at radius 2 is 0.886 bits per heavy atom. The fraction of sp³-hybridized carbons (Fsp3) is 0.643. The molecule has 6 fully saturated rings. The number of nitrogens with zero attached hydrogens (tertiary/aromatic N) is 4. The summed E-state index contributed by atoms with van der Waals surface area (Å²) in [6.07, 6.45) is 14.9. The van der Waals surface area contributed by atoms with Gasteiger partial charge in [-0.1, -0.05) is 101 Å². The predicted molar refractivity (Wildman–Crippen MR) is 416 cm³/mol. The van der Waals surface area contributed by atoms with Gasteiger partial charge < -0.3 is 38.2 Å². The lowest BCUT2D eigenvalue weighted by Gasteiger charge is -2.35. The number of amides is 4. The lowest BCUT2D eigenvalue weighted by molar-refractivity contribution is -0.197. The number of carbonyl (C=O) groups excluding carboxylic acids is 8. The number of rotatable bonds is 22. The molecule has 14 atom stereocenters. The molecule has 624 valence electrons. The van der Waals surface area contributed by atoms with Crippen molar-refractivity contribution in [2.75, 3.05) is 27.3 Å². The number of halogens is 4. The van der Waals surface area contributed by atoms with Gasteiger partial charge in [0.1, 0.15) is 23.7 Å². The number of hydrogen-bond acceptors (Lipinski definition) is 20. The third kappa shape index (κ3) is 19.4. The van der Waals surface area contributed by atoms with E-state index in [1.54, 1.807) is 0 Å². The summed E-state index contributed by atoms with van der Waals surface area (Å²) >= 11 is 0. The third-order valence-electron chi connectivity index (χ3n) is 25.1. The molecule has 8 aliphatic rings. The Bertz CT molecular complexity index is 4310. The molecule has 4 aliphatic heterocycles. The first-order chi connectivity index (χ1) is 53.6. The highest BCUT2D eigenvalue weighted by Crippen LogP contribution is 2.59. The second-order valence-corrected chi connectivity index (χ2v) is 38.2. The number of methoxy groups -OCH3 is 2. The van der Waals surface area contributed by atoms with Crippen molar-refractivity contribution in [3.05, 3.63) is 85.2 Å². The molecule has 0 spiro atoms. The molecule has 2 aromatic heterocycles. The van der Waals surface area contributed by atoms with Crippen LogP contribution in [0.3, 0.4) is 0 Å². The van der Waals surface area contributed by atoms with Gasteiger partial charge in [0.05, 0.1) is 97.8 Å². The number of fused-ring (bicyclic) bond motifs is 6. The molecule has 12 rings (SSSR count). The number of alkyl halides is 4. The van der Waals surface area contributed by atoms with Crippen LogP contribution in [-0.4, -0.2) is 169 Å². The Labute approximate surface area is 665 Å². The number of aromatic nitrogens is 2. The van der Waals surface area contributed by atoms with E-state index in [1.165, 1.54) is 36.4 Å². The van der Waals surface area contributed by atoms with Gasteiger partial charge in [-0.2, -0.15) is 0 Å². The maximum atomic E-state index is 15.0. The average Bonchev–Trinajstić information content (AvgIpc) is 1.57. The number of sulfonamides is 2. The first kappa shape index (κ1) is 86.6. The summed E-state index contributed by atoms with van der Waals surface area (Å²) in [7, 11) is -4.75. The quantitative estimate of drug-likeness (QED) is 0.0419. The minimum Gasteiger partial charge on any atom is -0.494 e. The van der Waals surface area contributed by atoms with Crippen LogP contribution in [-0.2, 0) is 67.9 Å². The number of pyridine rings is 2. The van der Waals surface area contributed by atoms with E-state index in [-0.39, 0.29) is 98.9 Å². The average molecular weight is 1630 g/mol. The molecular weight excluding hydrogens is 1520 g/mol. The summed E-state index contributed by atoms with van der Waals surface area (Å²) in [5.41, 5.74) is -6.93. The van der Waals surface area contributed by atoms with E-state index in [0.29, 0.717) is 100 Å². The largest absolute Gasteiger partial charge is 0.494 e. The van der Waals surface area contributed by atoms with Crippen LogP contribution in [0.15, 0.2) is 85.2 Å². The fourth-order valence-corrected chi connectivity index (χ4v) is 19.6. The van der Waals surface area contributed by atoms with Crippen molar-refractivity contribution in [3.63, 3.8) is 0 Å². The number of ether oxygens (including phenoxy) is 6. The fourth-order valence-electron chi connectivity index (χ4n) is 16.8. The molecule has 0 unspecified atom stereocenters. The molecule has 24 nitrogen and oxygen atoms in total. The zero-order chi connectivity index (χ0) is 83.0. The molecule has 30 heteroatoms. The third-order valence-corrected chi connectivity index (χ3v) is 28.7. The van der Waals surface area contributed by atoms with E-state index >= 15 is 9.59 Å². The van der Waals surface area contributed by atoms with Crippen LogP contribution in [0.25, 0.3) is 21.5 Å². The van der Waals surface area contributed by atoms with Crippen LogP contribution >= 0.6 is 0 Å². The minimum absolute atomic E-state index is 0.0324. The molecule has 2 N–H and O–H groups in total. The van der Waals surface area contributed by atoms with E-state index in [2.05, 4.69) is 19.4 Å². The van der Waals surface area contributed by atoms with Crippen molar-refractivity contribution >= 4 is 88.7 Å². The minimum atomic E-state index is -3.91. The summed E-state index contributed by atoms with van der Waals surface area (Å²) in [5.74, 6) is -13.8. The predicted octanol–water partition coefficient (Wildman–Crippen LogP) is 13.1. The van der Waals surface area contributed by atoms with Gasteiger partial charge in [0, 0.05) is 61.1 Å². The first-order valence-electron chi connectivity index (χ1n) is 40.1. The van der Waals surface area contributed by atoms with Gasteiger partial charge in [0.25, 0.3) is 11.8 Å². The summed E-state index contributed by atoms with van der Waals surface area (Å²) in [6, 6.07) is 12.5. The number of benzene rings is 2. The second kappa shape index (κ2) is 34.1. The van der Waals surface area contributed by atoms with Crippen molar-refractivity contribution in [2.24, 2.45) is 58.2 Å². The lowest BCUT2D eigenvalue weighted by Crippen LogP contribution is -2.48. The SMILES string of the molecule is CC[C@@H]1C[C@@H](C)CC/C=C\[C@@H]2C[C@@]2(C(=O)NS(=O)(=O)C2CC2)CC(=O)[C@@H]2C[C@@H](Oc3ncc(OC)c4ccccc34)CN2C(=O)[C@H]1CC(=O)OC(C)(C)C(C)(F)F.CC[C@@H]1C[C@H](C)CC/C=C\[C@@H]2C[C@@]2(C(=O)NS(=O)(=O)C2CC2)CC(=O)[C@@H]2C[C@@H](Oc3ncc(OC)c4ccccc34)CN2C(=O)[C@H]1CC(=O)OC(C)(C)C(C)(F)F. The van der Waals surface area contributed by atoms with Crippen molar-refractivity contribution < 1.29 is 101 Å². The van der Waals surface area contributed by atoms with Crippen molar-refractivity contribution in [1.82, 2.24) is 29.2 Å². The number of nitrogens with one attached hydrogen (secondary N) is 2. The number of allylic oxidation sites excluding steroid dienone is 4. The van der Waals surface area contributed by atoms with Gasteiger partial charge >= 0.3 is 11.9 Å². The highest BCUT2D eigenvalue weighted by atomic mass is 32.2. The topological polar surface area (TPSA) is 317 Å². The number of Topliss-reactive ketones (excluding diaryl/α,β-unsaturated/α-hetero) is 2. The molecule has 2 saturated heterocycles.